The largest absolute Gasteiger partial charge is 0.495 e. The Bertz CT molecular complexity index is 1040. The van der Waals surface area contributed by atoms with E-state index in [2.05, 4.69) is 9.80 Å². The molecule has 0 spiro atoms. The maximum Gasteiger partial charge on any atom is 0.277 e. The van der Waals surface area contributed by atoms with Crippen LogP contribution in [0.15, 0.2) is 48.2 Å². The minimum absolute atomic E-state index is 0.223. The molecule has 2 aromatic rings. The number of methoxy groups -OCH3 is 1. The van der Waals surface area contributed by atoms with Crippen LogP contribution in [0.3, 0.4) is 0 Å². The molecule has 6 heteroatoms. The molecule has 30 heavy (non-hydrogen) atoms. The van der Waals surface area contributed by atoms with Crippen molar-refractivity contribution < 1.29 is 14.3 Å². The number of hydrogen-bond donors (Lipinski definition) is 0. The van der Waals surface area contributed by atoms with Crippen molar-refractivity contribution in [1.29, 1.82) is 0 Å². The van der Waals surface area contributed by atoms with Crippen LogP contribution in [0.1, 0.15) is 16.7 Å². The van der Waals surface area contributed by atoms with Gasteiger partial charge in [0.2, 0.25) is 0 Å². The summed E-state index contributed by atoms with van der Waals surface area (Å²) in [6.45, 7) is 6.88. The summed E-state index contributed by atoms with van der Waals surface area (Å²) >= 11 is 0. The van der Waals surface area contributed by atoms with Gasteiger partial charge in [0.1, 0.15) is 11.4 Å². The van der Waals surface area contributed by atoms with E-state index < -0.39 is 0 Å². The molecule has 0 N–H and O–H groups in total. The van der Waals surface area contributed by atoms with Crippen LogP contribution in [0, 0.1) is 13.8 Å². The number of hydrogen-bond acceptors (Lipinski definition) is 5. The van der Waals surface area contributed by atoms with E-state index in [0.29, 0.717) is 24.4 Å². The summed E-state index contributed by atoms with van der Waals surface area (Å²) in [7, 11) is 3.23. The van der Waals surface area contributed by atoms with E-state index in [9.17, 15) is 9.59 Å². The lowest BCUT2D eigenvalue weighted by molar-refractivity contribution is -0.135. The first-order valence-corrected chi connectivity index (χ1v) is 10.2. The number of imide groups is 1. The highest BCUT2D eigenvalue weighted by molar-refractivity contribution is 6.35. The van der Waals surface area contributed by atoms with E-state index >= 15 is 0 Å². The molecule has 2 amide bonds. The molecule has 2 heterocycles. The van der Waals surface area contributed by atoms with Gasteiger partial charge in [0.05, 0.1) is 18.4 Å². The van der Waals surface area contributed by atoms with Crippen LogP contribution >= 0.6 is 0 Å². The number of carbonyl (C=O) groups is 2. The SMILES string of the molecule is COc1ccccc1N1CCN(C2=C(c3ccc(C)c(C)c3)C(=O)N(C)C2=O)CC1. The first kappa shape index (κ1) is 20.0. The molecule has 2 aliphatic heterocycles. The number of anilines is 1. The predicted octanol–water partition coefficient (Wildman–Crippen LogP) is 2.84. The zero-order valence-corrected chi connectivity index (χ0v) is 17.9. The zero-order valence-electron chi connectivity index (χ0n) is 17.9. The van der Waals surface area contributed by atoms with E-state index in [1.165, 1.54) is 4.90 Å². The average Bonchev–Trinajstić information content (AvgIpc) is 2.99. The third-order valence-electron chi connectivity index (χ3n) is 6.08. The van der Waals surface area contributed by atoms with Gasteiger partial charge in [-0.15, -0.1) is 0 Å². The lowest BCUT2D eigenvalue weighted by Crippen LogP contribution is -2.47. The molecule has 0 aromatic heterocycles. The number of ether oxygens (including phenoxy) is 1. The maximum absolute atomic E-state index is 13.0. The average molecular weight is 405 g/mol. The van der Waals surface area contributed by atoms with Gasteiger partial charge < -0.3 is 14.5 Å². The van der Waals surface area contributed by atoms with Gasteiger partial charge in [0, 0.05) is 33.2 Å². The molecule has 2 aromatic carbocycles. The summed E-state index contributed by atoms with van der Waals surface area (Å²) in [4.78, 5) is 31.4. The second-order valence-corrected chi connectivity index (χ2v) is 7.84. The molecular formula is C24H27N3O3. The number of nitrogens with zero attached hydrogens (tertiary/aromatic N) is 3. The summed E-state index contributed by atoms with van der Waals surface area (Å²) in [5.74, 6) is 0.386. The summed E-state index contributed by atoms with van der Waals surface area (Å²) in [5, 5.41) is 0. The number of benzene rings is 2. The van der Waals surface area contributed by atoms with Crippen LogP contribution in [0.2, 0.25) is 0 Å². The first-order valence-electron chi connectivity index (χ1n) is 10.2. The second kappa shape index (κ2) is 7.86. The molecule has 2 aliphatic rings. The van der Waals surface area contributed by atoms with E-state index in [-0.39, 0.29) is 11.8 Å². The maximum atomic E-state index is 13.0. The molecule has 156 valence electrons. The highest BCUT2D eigenvalue weighted by Crippen LogP contribution is 2.34. The van der Waals surface area contributed by atoms with E-state index in [1.54, 1.807) is 14.2 Å². The minimum Gasteiger partial charge on any atom is -0.495 e. The van der Waals surface area contributed by atoms with Gasteiger partial charge in [-0.1, -0.05) is 30.3 Å². The van der Waals surface area contributed by atoms with Crippen molar-refractivity contribution >= 4 is 23.1 Å². The highest BCUT2D eigenvalue weighted by Gasteiger charge is 2.40. The molecule has 0 atom stereocenters. The Morgan fingerprint density at radius 3 is 2.17 bits per heavy atom. The Labute approximate surface area is 177 Å². The van der Waals surface area contributed by atoms with Gasteiger partial charge in [-0.25, -0.2) is 0 Å². The number of aryl methyl sites for hydroxylation is 2. The number of para-hydroxylation sites is 2. The van der Waals surface area contributed by atoms with Gasteiger partial charge in [0.15, 0.2) is 0 Å². The lowest BCUT2D eigenvalue weighted by atomic mass is 9.99. The van der Waals surface area contributed by atoms with Crippen molar-refractivity contribution in [2.75, 3.05) is 45.2 Å². The highest BCUT2D eigenvalue weighted by atomic mass is 16.5. The molecule has 6 nitrogen and oxygen atoms in total. The second-order valence-electron chi connectivity index (χ2n) is 7.84. The fraction of sp³-hybridized carbons (Fsp3) is 0.333. The molecule has 0 unspecified atom stereocenters. The Morgan fingerprint density at radius 1 is 0.833 bits per heavy atom. The predicted molar refractivity (Wildman–Crippen MR) is 117 cm³/mol. The number of piperazine rings is 1. The monoisotopic (exact) mass is 405 g/mol. The normalized spacial score (nSPS) is 17.3. The van der Waals surface area contributed by atoms with Gasteiger partial charge in [-0.2, -0.15) is 0 Å². The first-order chi connectivity index (χ1) is 14.4. The van der Waals surface area contributed by atoms with Crippen molar-refractivity contribution in [1.82, 2.24) is 9.80 Å². The lowest BCUT2D eigenvalue weighted by Gasteiger charge is -2.38. The molecule has 0 bridgehead atoms. The molecule has 0 aliphatic carbocycles. The Balaban J connectivity index is 1.64. The third kappa shape index (κ3) is 3.32. The zero-order chi connectivity index (χ0) is 21.4. The van der Waals surface area contributed by atoms with Crippen LogP contribution in [-0.4, -0.2) is 62.0 Å². The number of amides is 2. The molecule has 1 saturated heterocycles. The number of likely N-dealkylation sites (N-methyl/N-ethyl adjacent to an activating group) is 1. The summed E-state index contributed by atoms with van der Waals surface area (Å²) in [5.41, 5.74) is 5.16. The Kier molecular flexibility index (Phi) is 5.24. The van der Waals surface area contributed by atoms with Crippen LogP contribution in [0.5, 0.6) is 5.75 Å². The number of carbonyl (C=O) groups excluding carboxylic acids is 2. The van der Waals surface area contributed by atoms with Crippen molar-refractivity contribution in [3.05, 3.63) is 64.9 Å². The summed E-state index contributed by atoms with van der Waals surface area (Å²) in [6.07, 6.45) is 0. The Morgan fingerprint density at radius 2 is 1.50 bits per heavy atom. The fourth-order valence-electron chi connectivity index (χ4n) is 4.14. The van der Waals surface area contributed by atoms with Crippen molar-refractivity contribution in [2.24, 2.45) is 0 Å². The van der Waals surface area contributed by atoms with Crippen LogP contribution < -0.4 is 9.64 Å². The summed E-state index contributed by atoms with van der Waals surface area (Å²) in [6, 6.07) is 13.9. The molecular weight excluding hydrogens is 378 g/mol. The van der Waals surface area contributed by atoms with Crippen molar-refractivity contribution in [3.8, 4) is 5.75 Å². The van der Waals surface area contributed by atoms with Crippen LogP contribution in [0.4, 0.5) is 5.69 Å². The van der Waals surface area contributed by atoms with E-state index in [0.717, 1.165) is 41.2 Å². The van der Waals surface area contributed by atoms with Crippen molar-refractivity contribution in [3.63, 3.8) is 0 Å². The standard InChI is InChI=1S/C24H27N3O3/c1-16-9-10-18(15-17(16)2)21-22(24(29)25(3)23(21)28)27-13-11-26(12-14-27)19-7-5-6-8-20(19)30-4/h5-10,15H,11-14H2,1-4H3. The van der Waals surface area contributed by atoms with Gasteiger partial charge in [-0.3, -0.25) is 14.5 Å². The molecule has 0 saturated carbocycles. The molecule has 0 radical (unpaired) electrons. The van der Waals surface area contributed by atoms with Gasteiger partial charge >= 0.3 is 0 Å². The smallest absolute Gasteiger partial charge is 0.277 e. The number of rotatable bonds is 4. The van der Waals surface area contributed by atoms with E-state index in [4.69, 9.17) is 4.74 Å². The topological polar surface area (TPSA) is 53.1 Å². The van der Waals surface area contributed by atoms with E-state index in [1.807, 2.05) is 56.3 Å². The minimum atomic E-state index is -0.231. The fourth-order valence-corrected chi connectivity index (χ4v) is 4.14. The third-order valence-corrected chi connectivity index (χ3v) is 6.08. The van der Waals surface area contributed by atoms with Gasteiger partial charge in [0.25, 0.3) is 11.8 Å². The van der Waals surface area contributed by atoms with Crippen LogP contribution in [-0.2, 0) is 9.59 Å². The molecule has 4 rings (SSSR count). The van der Waals surface area contributed by atoms with Gasteiger partial charge in [-0.05, 0) is 42.7 Å². The van der Waals surface area contributed by atoms with Crippen molar-refractivity contribution in [2.45, 2.75) is 13.8 Å². The summed E-state index contributed by atoms with van der Waals surface area (Å²) < 4.78 is 5.50. The quantitative estimate of drug-likeness (QED) is 0.733. The molecule has 1 fully saturated rings. The Hall–Kier alpha value is -3.28. The van der Waals surface area contributed by atoms with Crippen LogP contribution in [0.25, 0.3) is 5.57 Å².